The Morgan fingerprint density at radius 3 is 2.81 bits per heavy atom. The largest absolute Gasteiger partial charge is 0.401 e. The first-order chi connectivity index (χ1) is 12.4. The van der Waals surface area contributed by atoms with Crippen LogP contribution in [0, 0.1) is 6.92 Å². The Morgan fingerprint density at radius 2 is 2.04 bits per heavy atom. The number of hydrogen-bond acceptors (Lipinski definition) is 4. The summed E-state index contributed by atoms with van der Waals surface area (Å²) in [6.45, 7) is 1.91. The zero-order valence-corrected chi connectivity index (χ0v) is 17.3. The zero-order valence-electron chi connectivity index (χ0n) is 13.3. The number of rotatable bonds is 2. The van der Waals surface area contributed by atoms with Gasteiger partial charge in [-0.3, -0.25) is 4.57 Å². The summed E-state index contributed by atoms with van der Waals surface area (Å²) in [4.78, 5) is 21.4. The van der Waals surface area contributed by atoms with Gasteiger partial charge >= 0.3 is 5.63 Å². The number of pyridine rings is 1. The van der Waals surface area contributed by atoms with Crippen LogP contribution in [0.3, 0.4) is 0 Å². The van der Waals surface area contributed by atoms with Crippen molar-refractivity contribution in [3.63, 3.8) is 0 Å². The van der Waals surface area contributed by atoms with Crippen LogP contribution >= 0.6 is 43.5 Å². The maximum atomic E-state index is 12.5. The van der Waals surface area contributed by atoms with Crippen molar-refractivity contribution in [2.45, 2.75) is 6.92 Å². The Kier molecular flexibility index (Phi) is 4.46. The lowest BCUT2D eigenvalue weighted by Gasteiger charge is -2.09. The van der Waals surface area contributed by atoms with Gasteiger partial charge in [-0.15, -0.1) is 0 Å². The molecule has 5 nitrogen and oxygen atoms in total. The second-order valence-electron chi connectivity index (χ2n) is 5.67. The molecule has 0 saturated carbocycles. The van der Waals surface area contributed by atoms with Crippen molar-refractivity contribution >= 4 is 54.4 Å². The first-order valence-electron chi connectivity index (χ1n) is 7.54. The summed E-state index contributed by atoms with van der Waals surface area (Å²) < 4.78 is 8.74. The minimum atomic E-state index is -0.453. The first kappa shape index (κ1) is 17.5. The fourth-order valence-electron chi connectivity index (χ4n) is 2.71. The first-order valence-corrected chi connectivity index (χ1v) is 9.50. The van der Waals surface area contributed by atoms with E-state index in [1.54, 1.807) is 41.2 Å². The standard InChI is InChI=1S/C18H10Br2ClN3O2/c1-9-5-11-15(12(20)6-9)23-17(26-18(11)25)14-7-10(19)8-24(14)16-13(21)3-2-4-22-16/h2-8H,1H3. The summed E-state index contributed by atoms with van der Waals surface area (Å²) in [6.07, 6.45) is 3.43. The Hall–Kier alpha value is -1.96. The molecule has 0 aliphatic heterocycles. The number of nitrogens with zero attached hydrogens (tertiary/aromatic N) is 3. The summed E-state index contributed by atoms with van der Waals surface area (Å²) in [7, 11) is 0. The molecule has 0 saturated heterocycles. The Balaban J connectivity index is 2.01. The highest BCUT2D eigenvalue weighted by atomic mass is 79.9. The van der Waals surface area contributed by atoms with Crippen LogP contribution in [0.15, 0.2) is 60.9 Å². The molecule has 0 atom stereocenters. The van der Waals surface area contributed by atoms with Crippen LogP contribution in [0.25, 0.3) is 28.3 Å². The van der Waals surface area contributed by atoms with Gasteiger partial charge in [0.05, 0.1) is 15.9 Å². The topological polar surface area (TPSA) is 60.9 Å². The van der Waals surface area contributed by atoms with E-state index in [9.17, 15) is 4.79 Å². The molecular weight excluding hydrogens is 485 g/mol. The second kappa shape index (κ2) is 6.64. The van der Waals surface area contributed by atoms with E-state index in [2.05, 4.69) is 41.8 Å². The monoisotopic (exact) mass is 493 g/mol. The van der Waals surface area contributed by atoms with E-state index in [-0.39, 0.29) is 5.89 Å². The van der Waals surface area contributed by atoms with Gasteiger partial charge in [-0.25, -0.2) is 14.8 Å². The molecule has 0 amide bonds. The minimum absolute atomic E-state index is 0.180. The average Bonchev–Trinajstić information content (AvgIpc) is 2.97. The van der Waals surface area contributed by atoms with Crippen molar-refractivity contribution in [3.8, 4) is 17.4 Å². The summed E-state index contributed by atoms with van der Waals surface area (Å²) in [5, 5.41) is 0.894. The van der Waals surface area contributed by atoms with Gasteiger partial charge in [-0.05, 0) is 74.7 Å². The summed E-state index contributed by atoms with van der Waals surface area (Å²) in [5.74, 6) is 0.696. The lowest BCUT2D eigenvalue weighted by Crippen LogP contribution is -2.06. The maximum absolute atomic E-state index is 12.5. The van der Waals surface area contributed by atoms with Crippen molar-refractivity contribution in [3.05, 3.63) is 72.7 Å². The molecular formula is C18H10Br2ClN3O2. The van der Waals surface area contributed by atoms with Crippen molar-refractivity contribution in [1.29, 1.82) is 0 Å². The van der Waals surface area contributed by atoms with Gasteiger partial charge in [0.2, 0.25) is 5.89 Å². The molecule has 3 aromatic heterocycles. The van der Waals surface area contributed by atoms with Crippen LogP contribution in [-0.4, -0.2) is 14.5 Å². The molecule has 0 bridgehead atoms. The van der Waals surface area contributed by atoms with E-state index >= 15 is 0 Å². The van der Waals surface area contributed by atoms with Gasteiger partial charge in [0, 0.05) is 21.3 Å². The molecule has 130 valence electrons. The third kappa shape index (κ3) is 3.00. The maximum Gasteiger partial charge on any atom is 0.347 e. The predicted molar refractivity (Wildman–Crippen MR) is 108 cm³/mol. The summed E-state index contributed by atoms with van der Waals surface area (Å²) in [5.41, 5.74) is 1.59. The van der Waals surface area contributed by atoms with Crippen LogP contribution in [-0.2, 0) is 0 Å². The van der Waals surface area contributed by atoms with Gasteiger partial charge in [0.15, 0.2) is 5.82 Å². The Bertz CT molecular complexity index is 1220. The van der Waals surface area contributed by atoms with Gasteiger partial charge in [0.1, 0.15) is 5.69 Å². The molecule has 0 aliphatic rings. The lowest BCUT2D eigenvalue weighted by atomic mass is 10.2. The van der Waals surface area contributed by atoms with E-state index in [0.717, 1.165) is 14.5 Å². The number of benzene rings is 1. The van der Waals surface area contributed by atoms with Gasteiger partial charge in [-0.1, -0.05) is 11.6 Å². The highest BCUT2D eigenvalue weighted by Gasteiger charge is 2.18. The van der Waals surface area contributed by atoms with Crippen molar-refractivity contribution in [2.24, 2.45) is 0 Å². The van der Waals surface area contributed by atoms with E-state index in [4.69, 9.17) is 16.0 Å². The Labute approximate surface area is 169 Å². The SMILES string of the molecule is Cc1cc(Br)c2nc(-c3cc(Br)cn3-c3ncccc3Cl)oc(=O)c2c1. The fraction of sp³-hybridized carbons (Fsp3) is 0.0556. The predicted octanol–water partition coefficient (Wildman–Crippen LogP) is 5.53. The molecule has 0 fully saturated rings. The number of aromatic nitrogens is 3. The highest BCUT2D eigenvalue weighted by molar-refractivity contribution is 9.11. The number of aryl methyl sites for hydroxylation is 1. The van der Waals surface area contributed by atoms with Crippen molar-refractivity contribution in [1.82, 2.24) is 14.5 Å². The molecule has 1 aromatic carbocycles. The van der Waals surface area contributed by atoms with E-state index in [1.165, 1.54) is 0 Å². The number of fused-ring (bicyclic) bond motifs is 1. The molecule has 4 aromatic rings. The molecule has 0 spiro atoms. The summed E-state index contributed by atoms with van der Waals surface area (Å²) in [6, 6.07) is 8.95. The third-order valence-electron chi connectivity index (χ3n) is 3.80. The van der Waals surface area contributed by atoms with E-state index < -0.39 is 5.63 Å². The molecule has 26 heavy (non-hydrogen) atoms. The van der Waals surface area contributed by atoms with Gasteiger partial charge in [0.25, 0.3) is 0 Å². The van der Waals surface area contributed by atoms with Crippen LogP contribution in [0.4, 0.5) is 0 Å². The normalized spacial score (nSPS) is 11.2. The lowest BCUT2D eigenvalue weighted by molar-refractivity contribution is 0.514. The minimum Gasteiger partial charge on any atom is -0.401 e. The molecule has 4 rings (SSSR count). The molecule has 8 heteroatoms. The van der Waals surface area contributed by atoms with Crippen LogP contribution < -0.4 is 5.63 Å². The second-order valence-corrected chi connectivity index (χ2v) is 7.85. The number of halogens is 3. The zero-order chi connectivity index (χ0) is 18.4. The van der Waals surface area contributed by atoms with Crippen molar-refractivity contribution in [2.75, 3.05) is 0 Å². The highest BCUT2D eigenvalue weighted by Crippen LogP contribution is 2.31. The van der Waals surface area contributed by atoms with Gasteiger partial charge in [-0.2, -0.15) is 0 Å². The molecule has 0 radical (unpaired) electrons. The average molecular weight is 496 g/mol. The van der Waals surface area contributed by atoms with E-state index in [1.807, 2.05) is 13.0 Å². The fourth-order valence-corrected chi connectivity index (χ4v) is 4.00. The summed E-state index contributed by atoms with van der Waals surface area (Å²) >= 11 is 13.2. The van der Waals surface area contributed by atoms with E-state index in [0.29, 0.717) is 27.4 Å². The smallest absolute Gasteiger partial charge is 0.347 e. The van der Waals surface area contributed by atoms with Crippen LogP contribution in [0.1, 0.15) is 5.56 Å². The molecule has 3 heterocycles. The third-order valence-corrected chi connectivity index (χ3v) is 5.14. The molecule has 0 unspecified atom stereocenters. The molecule has 0 N–H and O–H groups in total. The van der Waals surface area contributed by atoms with Crippen LogP contribution in [0.2, 0.25) is 5.02 Å². The quantitative estimate of drug-likeness (QED) is 0.367. The van der Waals surface area contributed by atoms with Crippen molar-refractivity contribution < 1.29 is 4.42 Å². The number of hydrogen-bond donors (Lipinski definition) is 0. The Morgan fingerprint density at radius 1 is 1.23 bits per heavy atom. The van der Waals surface area contributed by atoms with Gasteiger partial charge < -0.3 is 4.42 Å². The van der Waals surface area contributed by atoms with Crippen LogP contribution in [0.5, 0.6) is 0 Å². The molecule has 0 aliphatic carbocycles.